The van der Waals surface area contributed by atoms with Crippen LogP contribution in [0, 0.1) is 34.5 Å². The molecule has 0 spiro atoms. The molecule has 5 heteroatoms. The Balaban J connectivity index is 1.74. The highest BCUT2D eigenvalue weighted by molar-refractivity contribution is 5.91. The number of carbonyl (C=O) groups excluding carboxylic acids is 1. The molecule has 3 saturated carbocycles. The van der Waals surface area contributed by atoms with E-state index in [2.05, 4.69) is 13.8 Å². The summed E-state index contributed by atoms with van der Waals surface area (Å²) in [4.78, 5) is 11.9. The van der Waals surface area contributed by atoms with Crippen LogP contribution in [-0.4, -0.2) is 22.7 Å². The van der Waals surface area contributed by atoms with Gasteiger partial charge in [-0.05, 0) is 73.7 Å². The molecule has 4 rings (SSSR count). The molecule has 146 valence electrons. The van der Waals surface area contributed by atoms with E-state index in [9.17, 15) is 23.1 Å². The zero-order valence-corrected chi connectivity index (χ0v) is 15.8. The standard InChI is InChI=1S/C21H29F3O2/c1-12-10-13-11-14(25)4-7-18(13,2)15-5-8-19(3)16(17(12)15)6-9-20(19,26)21(22,23)24/h11-12,15-17,26H,4-10H2,1-3H3/t12?,15?,16?,17?,18-,19-,20-/m0/s1. The van der Waals surface area contributed by atoms with Crippen LogP contribution in [0.5, 0.6) is 0 Å². The number of allylic oxidation sites excluding steroid dienone is 1. The summed E-state index contributed by atoms with van der Waals surface area (Å²) < 4.78 is 41.3. The summed E-state index contributed by atoms with van der Waals surface area (Å²) >= 11 is 0. The number of hydrogen-bond donors (Lipinski definition) is 1. The van der Waals surface area contributed by atoms with Crippen molar-refractivity contribution >= 4 is 5.78 Å². The first-order chi connectivity index (χ1) is 11.9. The van der Waals surface area contributed by atoms with Crippen LogP contribution in [0.4, 0.5) is 13.2 Å². The monoisotopic (exact) mass is 370 g/mol. The van der Waals surface area contributed by atoms with Gasteiger partial charge in [0.2, 0.25) is 0 Å². The Kier molecular flexibility index (Phi) is 3.82. The van der Waals surface area contributed by atoms with Gasteiger partial charge in [0, 0.05) is 11.8 Å². The van der Waals surface area contributed by atoms with E-state index in [1.54, 1.807) is 6.92 Å². The van der Waals surface area contributed by atoms with Crippen molar-refractivity contribution in [2.45, 2.75) is 77.5 Å². The third kappa shape index (κ3) is 2.12. The van der Waals surface area contributed by atoms with Crippen LogP contribution in [0.1, 0.15) is 65.7 Å². The van der Waals surface area contributed by atoms with Crippen molar-refractivity contribution in [1.29, 1.82) is 0 Å². The average molecular weight is 370 g/mol. The highest BCUT2D eigenvalue weighted by Gasteiger charge is 2.72. The Morgan fingerprint density at radius 3 is 2.42 bits per heavy atom. The van der Waals surface area contributed by atoms with Gasteiger partial charge in [-0.1, -0.05) is 26.3 Å². The molecule has 0 amide bonds. The van der Waals surface area contributed by atoms with Crippen molar-refractivity contribution < 1.29 is 23.1 Å². The first-order valence-electron chi connectivity index (χ1n) is 9.97. The normalized spacial score (nSPS) is 51.3. The van der Waals surface area contributed by atoms with Crippen LogP contribution < -0.4 is 0 Å². The van der Waals surface area contributed by atoms with Crippen molar-refractivity contribution in [2.75, 3.05) is 0 Å². The van der Waals surface area contributed by atoms with Crippen LogP contribution in [0.3, 0.4) is 0 Å². The van der Waals surface area contributed by atoms with Gasteiger partial charge in [0.1, 0.15) is 0 Å². The van der Waals surface area contributed by atoms with Crippen molar-refractivity contribution in [1.82, 2.24) is 0 Å². The maximum atomic E-state index is 13.8. The van der Waals surface area contributed by atoms with Crippen molar-refractivity contribution in [2.24, 2.45) is 34.5 Å². The number of carbonyl (C=O) groups is 1. The van der Waals surface area contributed by atoms with Gasteiger partial charge < -0.3 is 5.11 Å². The van der Waals surface area contributed by atoms with Crippen molar-refractivity contribution in [3.8, 4) is 0 Å². The van der Waals surface area contributed by atoms with E-state index in [0.717, 1.165) is 12.8 Å². The Morgan fingerprint density at radius 2 is 1.77 bits per heavy atom. The van der Waals surface area contributed by atoms with Gasteiger partial charge in [-0.25, -0.2) is 0 Å². The first-order valence-corrected chi connectivity index (χ1v) is 9.97. The summed E-state index contributed by atoms with van der Waals surface area (Å²) in [5.74, 6) is 0.861. The summed E-state index contributed by atoms with van der Waals surface area (Å²) in [6, 6.07) is 0. The van der Waals surface area contributed by atoms with Crippen LogP contribution in [-0.2, 0) is 4.79 Å². The van der Waals surface area contributed by atoms with Crippen molar-refractivity contribution in [3.05, 3.63) is 11.6 Å². The molecule has 0 aromatic carbocycles. The van der Waals surface area contributed by atoms with Gasteiger partial charge in [-0.3, -0.25) is 4.79 Å². The SMILES string of the molecule is CC1CC2=CC(=O)CC[C@]2(C)C2CC[C@@]3(C)C(CC[C@@]3(O)C(F)(F)F)C12. The molecule has 0 radical (unpaired) electrons. The van der Waals surface area contributed by atoms with Gasteiger partial charge in [0.05, 0.1) is 0 Å². The highest BCUT2D eigenvalue weighted by Crippen LogP contribution is 2.70. The van der Waals surface area contributed by atoms with E-state index in [1.807, 2.05) is 6.08 Å². The number of halogens is 3. The topological polar surface area (TPSA) is 37.3 Å². The summed E-state index contributed by atoms with van der Waals surface area (Å²) in [5.41, 5.74) is -2.50. The molecular weight excluding hydrogens is 341 g/mol. The number of aliphatic hydroxyl groups is 1. The predicted octanol–water partition coefficient (Wildman–Crippen LogP) is 5.06. The maximum absolute atomic E-state index is 13.8. The van der Waals surface area contributed by atoms with Crippen LogP contribution >= 0.6 is 0 Å². The molecule has 0 aromatic rings. The van der Waals surface area contributed by atoms with E-state index < -0.39 is 17.2 Å². The zero-order valence-electron chi connectivity index (χ0n) is 15.8. The lowest BCUT2D eigenvalue weighted by molar-refractivity contribution is -0.304. The molecule has 4 unspecified atom stereocenters. The second kappa shape index (κ2) is 5.36. The molecule has 26 heavy (non-hydrogen) atoms. The number of ketones is 1. The molecule has 1 N–H and O–H groups in total. The minimum Gasteiger partial charge on any atom is -0.380 e. The largest absolute Gasteiger partial charge is 0.417 e. The third-order valence-electron chi connectivity index (χ3n) is 8.93. The van der Waals surface area contributed by atoms with E-state index in [4.69, 9.17) is 0 Å². The Hall–Kier alpha value is -0.840. The van der Waals surface area contributed by atoms with Crippen LogP contribution in [0.25, 0.3) is 0 Å². The molecule has 2 nitrogen and oxygen atoms in total. The fourth-order valence-electron chi connectivity index (χ4n) is 7.39. The minimum absolute atomic E-state index is 0.0641. The quantitative estimate of drug-likeness (QED) is 0.647. The van der Waals surface area contributed by atoms with Crippen LogP contribution in [0.15, 0.2) is 11.6 Å². The third-order valence-corrected chi connectivity index (χ3v) is 8.93. The Bertz CT molecular complexity index is 669. The number of alkyl halides is 3. The number of rotatable bonds is 0. The fourth-order valence-corrected chi connectivity index (χ4v) is 7.39. The summed E-state index contributed by atoms with van der Waals surface area (Å²) in [6.45, 7) is 6.04. The lowest BCUT2D eigenvalue weighted by atomic mass is 9.44. The summed E-state index contributed by atoms with van der Waals surface area (Å²) in [6.07, 6.45) is 0.821. The minimum atomic E-state index is -4.58. The van der Waals surface area contributed by atoms with Gasteiger partial charge in [0.15, 0.2) is 11.4 Å². The second-order valence-electron chi connectivity index (χ2n) is 9.88. The van der Waals surface area contributed by atoms with Crippen molar-refractivity contribution in [3.63, 3.8) is 0 Å². The molecule has 4 aliphatic rings. The first kappa shape index (κ1) is 18.5. The predicted molar refractivity (Wildman–Crippen MR) is 92.3 cm³/mol. The number of fused-ring (bicyclic) bond motifs is 5. The molecule has 0 aromatic heterocycles. The second-order valence-corrected chi connectivity index (χ2v) is 9.88. The molecule has 0 saturated heterocycles. The fraction of sp³-hybridized carbons (Fsp3) is 0.857. The maximum Gasteiger partial charge on any atom is 0.417 e. The van der Waals surface area contributed by atoms with E-state index in [0.29, 0.717) is 31.6 Å². The summed E-state index contributed by atoms with van der Waals surface area (Å²) in [7, 11) is 0. The van der Waals surface area contributed by atoms with Gasteiger partial charge in [-0.2, -0.15) is 13.2 Å². The molecule has 7 atom stereocenters. The lowest BCUT2D eigenvalue weighted by Crippen LogP contribution is -2.61. The molecule has 3 fully saturated rings. The van der Waals surface area contributed by atoms with Crippen LogP contribution in [0.2, 0.25) is 0 Å². The van der Waals surface area contributed by atoms with Gasteiger partial charge in [-0.15, -0.1) is 0 Å². The molecule has 4 aliphatic carbocycles. The molecule has 0 heterocycles. The van der Waals surface area contributed by atoms with Gasteiger partial charge >= 0.3 is 6.18 Å². The van der Waals surface area contributed by atoms with Gasteiger partial charge in [0.25, 0.3) is 0 Å². The van der Waals surface area contributed by atoms with E-state index in [1.165, 1.54) is 5.57 Å². The molecular formula is C21H29F3O2. The Labute approximate surface area is 153 Å². The lowest BCUT2D eigenvalue weighted by Gasteiger charge is -2.61. The number of hydrogen-bond acceptors (Lipinski definition) is 2. The molecule has 0 aliphatic heterocycles. The zero-order chi connectivity index (χ0) is 19.1. The Morgan fingerprint density at radius 1 is 1.12 bits per heavy atom. The summed E-state index contributed by atoms with van der Waals surface area (Å²) in [5, 5.41) is 10.7. The highest BCUT2D eigenvalue weighted by atomic mass is 19.4. The smallest absolute Gasteiger partial charge is 0.380 e. The molecule has 0 bridgehead atoms. The van der Waals surface area contributed by atoms with E-state index >= 15 is 0 Å². The van der Waals surface area contributed by atoms with E-state index in [-0.39, 0.29) is 35.4 Å². The average Bonchev–Trinajstić information content (AvgIpc) is 2.82.